The van der Waals surface area contributed by atoms with E-state index in [1.54, 1.807) is 12.1 Å². The third-order valence-corrected chi connectivity index (χ3v) is 4.30. The molecule has 1 aliphatic carbocycles. The van der Waals surface area contributed by atoms with Crippen molar-refractivity contribution in [1.82, 2.24) is 9.97 Å². The summed E-state index contributed by atoms with van der Waals surface area (Å²) in [6.07, 6.45) is -0.592. The maximum absolute atomic E-state index is 13.1. The second-order valence-electron chi connectivity index (χ2n) is 5.76. The highest BCUT2D eigenvalue weighted by atomic mass is 19.4. The molecular weight excluding hydrogens is 310 g/mol. The molecule has 1 aromatic heterocycles. The van der Waals surface area contributed by atoms with Crippen molar-refractivity contribution in [2.24, 2.45) is 0 Å². The molecule has 2 aromatic rings. The van der Waals surface area contributed by atoms with E-state index >= 15 is 0 Å². The van der Waals surface area contributed by atoms with E-state index in [-0.39, 0.29) is 17.2 Å². The number of anilines is 1. The summed E-state index contributed by atoms with van der Waals surface area (Å²) in [6.45, 7) is 0.417. The second kappa shape index (κ2) is 5.79. The molecule has 0 aliphatic heterocycles. The number of hydrogen-bond acceptors (Lipinski definition) is 3. The molecule has 1 aliphatic rings. The lowest BCUT2D eigenvalue weighted by Gasteiger charge is -2.42. The molecule has 0 bridgehead atoms. The van der Waals surface area contributed by atoms with Gasteiger partial charge in [0.05, 0.1) is 0 Å². The molecule has 122 valence electrons. The second-order valence-corrected chi connectivity index (χ2v) is 5.76. The topological polar surface area (TPSA) is 37.8 Å². The van der Waals surface area contributed by atoms with Crippen LogP contribution in [0.4, 0.5) is 23.5 Å². The predicted octanol–water partition coefficient (Wildman–Crippen LogP) is 4.17. The fourth-order valence-electron chi connectivity index (χ4n) is 2.82. The first kappa shape index (κ1) is 15.7. The molecule has 3 rings (SSSR count). The van der Waals surface area contributed by atoms with E-state index in [0.29, 0.717) is 6.54 Å². The van der Waals surface area contributed by atoms with Crippen molar-refractivity contribution in [1.29, 1.82) is 0 Å². The normalized spacial score (nSPS) is 16.7. The SMILES string of the molecule is Fc1ccc(C2(CNc3nccc(C(F)(F)F)n3)CCC2)cc1. The maximum atomic E-state index is 13.1. The van der Waals surface area contributed by atoms with Crippen LogP contribution in [-0.2, 0) is 11.6 Å². The monoisotopic (exact) mass is 325 g/mol. The molecule has 1 saturated carbocycles. The average molecular weight is 325 g/mol. The van der Waals surface area contributed by atoms with Gasteiger partial charge in [0.1, 0.15) is 11.5 Å². The first-order chi connectivity index (χ1) is 10.9. The van der Waals surface area contributed by atoms with Crippen LogP contribution in [0.3, 0.4) is 0 Å². The van der Waals surface area contributed by atoms with Gasteiger partial charge in [-0.25, -0.2) is 14.4 Å². The molecule has 0 radical (unpaired) electrons. The number of hydrogen-bond donors (Lipinski definition) is 1. The van der Waals surface area contributed by atoms with Gasteiger partial charge in [-0.1, -0.05) is 18.6 Å². The van der Waals surface area contributed by atoms with Crippen LogP contribution in [0.2, 0.25) is 0 Å². The first-order valence-electron chi connectivity index (χ1n) is 7.29. The van der Waals surface area contributed by atoms with Crippen molar-refractivity contribution in [2.45, 2.75) is 30.9 Å². The van der Waals surface area contributed by atoms with Crippen molar-refractivity contribution in [3.8, 4) is 0 Å². The van der Waals surface area contributed by atoms with Gasteiger partial charge >= 0.3 is 6.18 Å². The van der Waals surface area contributed by atoms with Crippen LogP contribution < -0.4 is 5.32 Å². The van der Waals surface area contributed by atoms with Gasteiger partial charge in [-0.2, -0.15) is 13.2 Å². The number of alkyl halides is 3. The summed E-state index contributed by atoms with van der Waals surface area (Å²) in [7, 11) is 0. The summed E-state index contributed by atoms with van der Waals surface area (Å²) in [5, 5.41) is 2.90. The van der Waals surface area contributed by atoms with E-state index in [2.05, 4.69) is 15.3 Å². The minimum atomic E-state index is -4.50. The highest BCUT2D eigenvalue weighted by Gasteiger charge is 2.39. The maximum Gasteiger partial charge on any atom is 0.433 e. The van der Waals surface area contributed by atoms with Crippen molar-refractivity contribution in [3.05, 3.63) is 53.6 Å². The van der Waals surface area contributed by atoms with Crippen molar-refractivity contribution < 1.29 is 17.6 Å². The summed E-state index contributed by atoms with van der Waals surface area (Å²) in [4.78, 5) is 7.35. The molecule has 7 heteroatoms. The van der Waals surface area contributed by atoms with Gasteiger partial charge in [-0.3, -0.25) is 0 Å². The molecule has 1 N–H and O–H groups in total. The van der Waals surface area contributed by atoms with E-state index < -0.39 is 11.9 Å². The summed E-state index contributed by atoms with van der Waals surface area (Å²) in [6, 6.07) is 7.09. The van der Waals surface area contributed by atoms with Crippen LogP contribution in [0.1, 0.15) is 30.5 Å². The highest BCUT2D eigenvalue weighted by molar-refractivity contribution is 5.34. The highest BCUT2D eigenvalue weighted by Crippen LogP contribution is 2.43. The van der Waals surface area contributed by atoms with Gasteiger partial charge in [0.15, 0.2) is 0 Å². The largest absolute Gasteiger partial charge is 0.433 e. The van der Waals surface area contributed by atoms with E-state index in [1.807, 2.05) is 0 Å². The van der Waals surface area contributed by atoms with Crippen molar-refractivity contribution in [3.63, 3.8) is 0 Å². The summed E-state index contributed by atoms with van der Waals surface area (Å²) < 4.78 is 51.1. The predicted molar refractivity (Wildman–Crippen MR) is 77.5 cm³/mol. The van der Waals surface area contributed by atoms with Crippen molar-refractivity contribution in [2.75, 3.05) is 11.9 Å². The Balaban J connectivity index is 1.75. The summed E-state index contributed by atoms with van der Waals surface area (Å²) in [5.74, 6) is -0.356. The number of aromatic nitrogens is 2. The van der Waals surface area contributed by atoms with Crippen LogP contribution in [-0.4, -0.2) is 16.5 Å². The van der Waals surface area contributed by atoms with Crippen LogP contribution >= 0.6 is 0 Å². The van der Waals surface area contributed by atoms with Gasteiger partial charge < -0.3 is 5.32 Å². The Kier molecular flexibility index (Phi) is 3.95. The molecule has 1 heterocycles. The molecule has 0 unspecified atom stereocenters. The Bertz CT molecular complexity index is 678. The van der Waals surface area contributed by atoms with Gasteiger partial charge in [0.25, 0.3) is 0 Å². The van der Waals surface area contributed by atoms with E-state index in [4.69, 9.17) is 0 Å². The number of rotatable bonds is 4. The van der Waals surface area contributed by atoms with Gasteiger partial charge in [-0.15, -0.1) is 0 Å². The smallest absolute Gasteiger partial charge is 0.353 e. The third kappa shape index (κ3) is 3.28. The van der Waals surface area contributed by atoms with Gasteiger partial charge in [0.2, 0.25) is 5.95 Å². The molecule has 0 amide bonds. The molecule has 0 saturated heterocycles. The molecule has 0 spiro atoms. The zero-order valence-corrected chi connectivity index (χ0v) is 12.2. The summed E-state index contributed by atoms with van der Waals surface area (Å²) >= 11 is 0. The Labute approximate surface area is 130 Å². The van der Waals surface area contributed by atoms with Crippen LogP contribution in [0.5, 0.6) is 0 Å². The number of benzene rings is 1. The zero-order valence-electron chi connectivity index (χ0n) is 12.2. The minimum absolute atomic E-state index is 0.0480. The Morgan fingerprint density at radius 2 is 1.78 bits per heavy atom. The minimum Gasteiger partial charge on any atom is -0.353 e. The number of nitrogens with zero attached hydrogens (tertiary/aromatic N) is 2. The first-order valence-corrected chi connectivity index (χ1v) is 7.29. The molecule has 3 nitrogen and oxygen atoms in total. The standard InChI is InChI=1S/C16H15F4N3/c17-12-4-2-11(3-5-12)15(7-1-8-15)10-22-14-21-9-6-13(23-14)16(18,19)20/h2-6,9H,1,7-8,10H2,(H,21,22,23). The Morgan fingerprint density at radius 3 is 2.35 bits per heavy atom. The molecule has 23 heavy (non-hydrogen) atoms. The quantitative estimate of drug-likeness (QED) is 0.858. The fourth-order valence-corrected chi connectivity index (χ4v) is 2.82. The van der Waals surface area contributed by atoms with Gasteiger partial charge in [0, 0.05) is 18.2 Å². The zero-order chi connectivity index (χ0) is 16.5. The summed E-state index contributed by atoms with van der Waals surface area (Å²) in [5.41, 5.74) is -0.199. The van der Waals surface area contributed by atoms with E-state index in [9.17, 15) is 17.6 Å². The third-order valence-electron chi connectivity index (χ3n) is 4.30. The Morgan fingerprint density at radius 1 is 1.09 bits per heavy atom. The van der Waals surface area contributed by atoms with Crippen LogP contribution in [0.15, 0.2) is 36.5 Å². The number of nitrogens with one attached hydrogen (secondary N) is 1. The molecule has 1 aromatic carbocycles. The van der Waals surface area contributed by atoms with E-state index in [0.717, 1.165) is 37.1 Å². The molecule has 0 atom stereocenters. The fraction of sp³-hybridized carbons (Fsp3) is 0.375. The van der Waals surface area contributed by atoms with Crippen molar-refractivity contribution >= 4 is 5.95 Å². The lowest BCUT2D eigenvalue weighted by Crippen LogP contribution is -2.41. The lowest BCUT2D eigenvalue weighted by molar-refractivity contribution is -0.141. The van der Waals surface area contributed by atoms with Crippen LogP contribution in [0, 0.1) is 5.82 Å². The number of halogens is 4. The Hall–Kier alpha value is -2.18. The molecule has 1 fully saturated rings. The van der Waals surface area contributed by atoms with Gasteiger partial charge in [-0.05, 0) is 36.6 Å². The average Bonchev–Trinajstić information content (AvgIpc) is 2.47. The van der Waals surface area contributed by atoms with E-state index in [1.165, 1.54) is 12.1 Å². The lowest BCUT2D eigenvalue weighted by atomic mass is 9.64. The molecular formula is C16H15F4N3. The van der Waals surface area contributed by atoms with Crippen LogP contribution in [0.25, 0.3) is 0 Å².